The molecule has 4 fully saturated rings. The maximum Gasteiger partial charge on any atom is 0.231 e. The third kappa shape index (κ3) is 2.62. The fraction of sp³-hybridized carbons (Fsp3) is 0.611. The second kappa shape index (κ2) is 5.32. The lowest BCUT2D eigenvalue weighted by molar-refractivity contribution is -0.140. The van der Waals surface area contributed by atoms with E-state index in [9.17, 15) is 9.59 Å². The van der Waals surface area contributed by atoms with Crippen LogP contribution in [0.15, 0.2) is 18.3 Å². The van der Waals surface area contributed by atoms with Crippen molar-refractivity contribution in [2.24, 2.45) is 23.2 Å². The Kier molecular flexibility index (Phi) is 3.39. The summed E-state index contributed by atoms with van der Waals surface area (Å²) in [6.45, 7) is 1.46. The molecule has 0 unspecified atom stereocenters. The Bertz CT molecular complexity index is 620. The van der Waals surface area contributed by atoms with Gasteiger partial charge in [-0.2, -0.15) is 0 Å². The predicted octanol–water partition coefficient (Wildman–Crippen LogP) is 3.19. The fourth-order valence-corrected chi connectivity index (χ4v) is 5.42. The van der Waals surface area contributed by atoms with Crippen LogP contribution < -0.4 is 10.6 Å². The first kappa shape index (κ1) is 14.7. The zero-order valence-corrected chi connectivity index (χ0v) is 13.5. The number of nitrogens with zero attached hydrogens (tertiary/aromatic N) is 1. The van der Waals surface area contributed by atoms with E-state index in [2.05, 4.69) is 15.6 Å². The van der Waals surface area contributed by atoms with Gasteiger partial charge in [-0.25, -0.2) is 4.98 Å². The average Bonchev–Trinajstić information content (AvgIpc) is 2.47. The number of rotatable bonds is 3. The van der Waals surface area contributed by atoms with Gasteiger partial charge in [0.2, 0.25) is 11.8 Å². The second-order valence-electron chi connectivity index (χ2n) is 7.73. The number of aromatic nitrogens is 1. The molecule has 2 amide bonds. The normalized spacial score (nSPS) is 34.2. The van der Waals surface area contributed by atoms with E-state index in [-0.39, 0.29) is 17.2 Å². The molecule has 0 spiro atoms. The molecular weight excluding hydrogens is 290 g/mol. The minimum absolute atomic E-state index is 0.0990. The van der Waals surface area contributed by atoms with Gasteiger partial charge in [0.1, 0.15) is 0 Å². The molecule has 5 heteroatoms. The van der Waals surface area contributed by atoms with Gasteiger partial charge >= 0.3 is 0 Å². The molecule has 2 N–H and O–H groups in total. The van der Waals surface area contributed by atoms with Crippen molar-refractivity contribution >= 4 is 23.3 Å². The third-order valence-corrected chi connectivity index (χ3v) is 5.87. The highest BCUT2D eigenvalue weighted by atomic mass is 16.2. The van der Waals surface area contributed by atoms with Crippen molar-refractivity contribution in [3.63, 3.8) is 0 Å². The van der Waals surface area contributed by atoms with Crippen LogP contribution in [0.3, 0.4) is 0 Å². The Balaban J connectivity index is 1.56. The molecule has 1 aromatic rings. The molecule has 0 aliphatic heterocycles. The van der Waals surface area contributed by atoms with Crippen molar-refractivity contribution in [1.82, 2.24) is 4.98 Å². The predicted molar refractivity (Wildman–Crippen MR) is 87.8 cm³/mol. The Morgan fingerprint density at radius 3 is 2.26 bits per heavy atom. The summed E-state index contributed by atoms with van der Waals surface area (Å²) in [5.74, 6) is 2.58. The first-order chi connectivity index (χ1) is 11.0. The average molecular weight is 313 g/mol. The number of anilines is 2. The highest BCUT2D eigenvalue weighted by Gasteiger charge is 2.54. The SMILES string of the molecule is CC(=O)Nc1cccnc1NC(=O)C12CC3CC(CC(C3)C1)C2. The van der Waals surface area contributed by atoms with Gasteiger partial charge in [-0.3, -0.25) is 9.59 Å². The topological polar surface area (TPSA) is 71.1 Å². The molecule has 4 aliphatic rings. The smallest absolute Gasteiger partial charge is 0.231 e. The summed E-state index contributed by atoms with van der Waals surface area (Å²) in [7, 11) is 0. The van der Waals surface area contributed by atoms with Gasteiger partial charge < -0.3 is 10.6 Å². The van der Waals surface area contributed by atoms with Crippen LogP contribution in [0.4, 0.5) is 11.5 Å². The van der Waals surface area contributed by atoms with Crippen molar-refractivity contribution < 1.29 is 9.59 Å². The van der Waals surface area contributed by atoms with Crippen LogP contribution in [0.5, 0.6) is 0 Å². The molecule has 0 radical (unpaired) electrons. The molecule has 23 heavy (non-hydrogen) atoms. The summed E-state index contributed by atoms with van der Waals surface area (Å²) in [5.41, 5.74) is 0.359. The Morgan fingerprint density at radius 1 is 1.09 bits per heavy atom. The van der Waals surface area contributed by atoms with Crippen molar-refractivity contribution in [3.8, 4) is 0 Å². The third-order valence-electron chi connectivity index (χ3n) is 5.87. The van der Waals surface area contributed by atoms with E-state index in [4.69, 9.17) is 0 Å². The monoisotopic (exact) mass is 313 g/mol. The van der Waals surface area contributed by atoms with Crippen molar-refractivity contribution in [2.75, 3.05) is 10.6 Å². The molecule has 1 heterocycles. The largest absolute Gasteiger partial charge is 0.323 e. The van der Waals surface area contributed by atoms with Crippen LogP contribution in [0.25, 0.3) is 0 Å². The van der Waals surface area contributed by atoms with E-state index in [1.54, 1.807) is 18.3 Å². The van der Waals surface area contributed by atoms with Gasteiger partial charge in [0, 0.05) is 13.1 Å². The van der Waals surface area contributed by atoms with Crippen LogP contribution in [0.1, 0.15) is 45.4 Å². The molecule has 5 rings (SSSR count). The van der Waals surface area contributed by atoms with Gasteiger partial charge in [0.15, 0.2) is 5.82 Å². The number of hydrogen-bond donors (Lipinski definition) is 2. The number of hydrogen-bond acceptors (Lipinski definition) is 3. The molecule has 0 saturated heterocycles. The molecule has 122 valence electrons. The van der Waals surface area contributed by atoms with Crippen molar-refractivity contribution in [2.45, 2.75) is 45.4 Å². The van der Waals surface area contributed by atoms with Crippen molar-refractivity contribution in [3.05, 3.63) is 18.3 Å². The Morgan fingerprint density at radius 2 is 1.70 bits per heavy atom. The summed E-state index contributed by atoms with van der Waals surface area (Å²) in [4.78, 5) is 28.6. The molecule has 4 aliphatic carbocycles. The summed E-state index contributed by atoms with van der Waals surface area (Å²) < 4.78 is 0. The minimum atomic E-state index is -0.209. The lowest BCUT2D eigenvalue weighted by Crippen LogP contribution is -2.51. The van der Waals surface area contributed by atoms with Crippen LogP contribution in [0, 0.1) is 23.2 Å². The Labute approximate surface area is 136 Å². The first-order valence-corrected chi connectivity index (χ1v) is 8.58. The molecule has 1 aromatic heterocycles. The number of pyridine rings is 1. The van der Waals surface area contributed by atoms with Gasteiger partial charge in [-0.05, 0) is 68.4 Å². The van der Waals surface area contributed by atoms with Crippen LogP contribution >= 0.6 is 0 Å². The molecule has 4 saturated carbocycles. The minimum Gasteiger partial charge on any atom is -0.323 e. The standard InChI is InChI=1S/C18H23N3O2/c1-11(22)20-15-3-2-4-19-16(15)21-17(23)18-8-12-5-13(9-18)7-14(6-12)10-18/h2-4,12-14H,5-10H2,1H3,(H,20,22)(H,19,21,23). The zero-order chi connectivity index (χ0) is 16.0. The van der Waals surface area contributed by atoms with Gasteiger partial charge in [0.05, 0.1) is 11.1 Å². The highest BCUT2D eigenvalue weighted by Crippen LogP contribution is 2.60. The van der Waals surface area contributed by atoms with Gasteiger partial charge in [-0.1, -0.05) is 0 Å². The Hall–Kier alpha value is -1.91. The number of carbonyl (C=O) groups excluding carboxylic acids is 2. The van der Waals surface area contributed by atoms with E-state index in [0.717, 1.165) is 37.0 Å². The summed E-state index contributed by atoms with van der Waals surface area (Å²) in [6.07, 6.45) is 8.64. The molecule has 4 bridgehead atoms. The number of amides is 2. The van der Waals surface area contributed by atoms with E-state index in [0.29, 0.717) is 11.5 Å². The van der Waals surface area contributed by atoms with E-state index < -0.39 is 0 Å². The van der Waals surface area contributed by atoms with Gasteiger partial charge in [0.25, 0.3) is 0 Å². The molecule has 0 aromatic carbocycles. The maximum absolute atomic E-state index is 13.0. The first-order valence-electron chi connectivity index (χ1n) is 8.58. The van der Waals surface area contributed by atoms with E-state index >= 15 is 0 Å². The lowest BCUT2D eigenvalue weighted by atomic mass is 9.49. The highest BCUT2D eigenvalue weighted by molar-refractivity contribution is 6.00. The fourth-order valence-electron chi connectivity index (χ4n) is 5.42. The quantitative estimate of drug-likeness (QED) is 0.900. The molecular formula is C18H23N3O2. The van der Waals surface area contributed by atoms with Crippen LogP contribution in [0.2, 0.25) is 0 Å². The maximum atomic E-state index is 13.0. The van der Waals surface area contributed by atoms with Crippen LogP contribution in [-0.2, 0) is 9.59 Å². The second-order valence-corrected chi connectivity index (χ2v) is 7.73. The van der Waals surface area contributed by atoms with E-state index in [1.807, 2.05) is 0 Å². The summed E-state index contributed by atoms with van der Waals surface area (Å²) >= 11 is 0. The molecule has 5 nitrogen and oxygen atoms in total. The van der Waals surface area contributed by atoms with Crippen LogP contribution in [-0.4, -0.2) is 16.8 Å². The number of nitrogens with one attached hydrogen (secondary N) is 2. The summed E-state index contributed by atoms with van der Waals surface area (Å²) in [5, 5.41) is 5.74. The zero-order valence-electron chi connectivity index (χ0n) is 13.5. The lowest BCUT2D eigenvalue weighted by Gasteiger charge is -2.55. The van der Waals surface area contributed by atoms with E-state index in [1.165, 1.54) is 26.2 Å². The number of carbonyl (C=O) groups is 2. The van der Waals surface area contributed by atoms with Crippen molar-refractivity contribution in [1.29, 1.82) is 0 Å². The van der Waals surface area contributed by atoms with Gasteiger partial charge in [-0.15, -0.1) is 0 Å². The molecule has 0 atom stereocenters. The summed E-state index contributed by atoms with van der Waals surface area (Å²) in [6, 6.07) is 3.52.